The average Bonchev–Trinajstić information content (AvgIpc) is 2.62. The summed E-state index contributed by atoms with van der Waals surface area (Å²) in [6.07, 6.45) is 1.50. The van der Waals surface area contributed by atoms with Gasteiger partial charge in [-0.15, -0.1) is 0 Å². The van der Waals surface area contributed by atoms with E-state index in [1.54, 1.807) is 6.92 Å². The summed E-state index contributed by atoms with van der Waals surface area (Å²) in [4.78, 5) is 36.7. The Kier molecular flexibility index (Phi) is 7.35. The largest absolute Gasteiger partial charge is 0.493 e. The van der Waals surface area contributed by atoms with Crippen LogP contribution in [0, 0.1) is 5.92 Å². The molecule has 3 N–H and O–H groups in total. The van der Waals surface area contributed by atoms with Crippen LogP contribution in [-0.2, 0) is 4.79 Å². The molecule has 2 rings (SSSR count). The van der Waals surface area contributed by atoms with Gasteiger partial charge in [0.15, 0.2) is 5.03 Å². The van der Waals surface area contributed by atoms with E-state index in [0.717, 1.165) is 23.1 Å². The minimum atomic E-state index is -0.703. The minimum Gasteiger partial charge on any atom is -0.493 e. The first-order valence-corrected chi connectivity index (χ1v) is 9.14. The van der Waals surface area contributed by atoms with Gasteiger partial charge >= 0.3 is 5.69 Å². The maximum absolute atomic E-state index is 12.1. The number of hydrogen-bond acceptors (Lipinski definition) is 7. The zero-order chi connectivity index (χ0) is 19.8. The van der Waals surface area contributed by atoms with Gasteiger partial charge in [-0.05, 0) is 30.5 Å². The van der Waals surface area contributed by atoms with Crippen LogP contribution in [0.3, 0.4) is 0 Å². The van der Waals surface area contributed by atoms with Crippen LogP contribution in [0.4, 0.5) is 0 Å². The summed E-state index contributed by atoms with van der Waals surface area (Å²) in [5.41, 5.74) is 1.83. The SMILES string of the molecule is CC(C)COc1cccc(/C=N/NC(=O)C(C)Sc2n[nH]c(=O)[nH]c2=O)c1. The summed E-state index contributed by atoms with van der Waals surface area (Å²) in [7, 11) is 0. The fourth-order valence-electron chi connectivity index (χ4n) is 1.85. The maximum Gasteiger partial charge on any atom is 0.342 e. The van der Waals surface area contributed by atoms with E-state index in [1.807, 2.05) is 29.2 Å². The van der Waals surface area contributed by atoms with E-state index in [2.05, 4.69) is 34.6 Å². The minimum absolute atomic E-state index is 0.00349. The predicted octanol–water partition coefficient (Wildman–Crippen LogP) is 1.12. The summed E-state index contributed by atoms with van der Waals surface area (Å²) < 4.78 is 5.64. The number of ether oxygens (including phenoxy) is 1. The molecule has 1 aromatic heterocycles. The molecule has 1 unspecified atom stereocenters. The number of thioether (sulfide) groups is 1. The molecule has 9 nitrogen and oxygen atoms in total. The maximum atomic E-state index is 12.1. The first-order valence-electron chi connectivity index (χ1n) is 8.26. The molecule has 0 aliphatic carbocycles. The van der Waals surface area contributed by atoms with Gasteiger partial charge in [-0.2, -0.15) is 10.2 Å². The van der Waals surface area contributed by atoms with Crippen LogP contribution in [0.25, 0.3) is 0 Å². The second-order valence-corrected chi connectivity index (χ2v) is 7.41. The lowest BCUT2D eigenvalue weighted by Gasteiger charge is -2.09. The van der Waals surface area contributed by atoms with Gasteiger partial charge in [-0.25, -0.2) is 15.3 Å². The number of H-pyrrole nitrogens is 2. The molecule has 2 aromatic rings. The highest BCUT2D eigenvalue weighted by atomic mass is 32.2. The zero-order valence-electron chi connectivity index (χ0n) is 15.2. The van der Waals surface area contributed by atoms with Gasteiger partial charge in [0.05, 0.1) is 18.1 Å². The molecule has 0 aliphatic heterocycles. The van der Waals surface area contributed by atoms with E-state index in [4.69, 9.17) is 4.74 Å². The Morgan fingerprint density at radius 2 is 2.15 bits per heavy atom. The number of nitrogens with one attached hydrogen (secondary N) is 3. The number of aromatic nitrogens is 3. The lowest BCUT2D eigenvalue weighted by atomic mass is 10.2. The molecule has 0 saturated carbocycles. The van der Waals surface area contributed by atoms with Crippen molar-refractivity contribution in [3.8, 4) is 5.75 Å². The molecular formula is C17H21N5O4S. The number of rotatable bonds is 8. The lowest BCUT2D eigenvalue weighted by molar-refractivity contribution is -0.120. The lowest BCUT2D eigenvalue weighted by Crippen LogP contribution is -2.30. The molecular weight excluding hydrogens is 370 g/mol. The van der Waals surface area contributed by atoms with Crippen molar-refractivity contribution in [3.05, 3.63) is 50.7 Å². The molecule has 27 heavy (non-hydrogen) atoms. The van der Waals surface area contributed by atoms with E-state index in [0.29, 0.717) is 12.5 Å². The third kappa shape index (κ3) is 6.74. The Morgan fingerprint density at radius 1 is 1.37 bits per heavy atom. The third-order valence-electron chi connectivity index (χ3n) is 3.17. The molecule has 10 heteroatoms. The van der Waals surface area contributed by atoms with E-state index in [9.17, 15) is 14.4 Å². The monoisotopic (exact) mass is 391 g/mol. The van der Waals surface area contributed by atoms with Gasteiger partial charge in [-0.1, -0.05) is 37.7 Å². The second-order valence-electron chi connectivity index (χ2n) is 6.08. The Bertz CT molecular complexity index is 922. The summed E-state index contributed by atoms with van der Waals surface area (Å²) in [5, 5.41) is 9.01. The standard InChI is InChI=1S/C17H21N5O4S/c1-10(2)9-26-13-6-4-5-12(7-13)8-18-20-14(23)11(3)27-16-15(24)19-17(25)22-21-16/h4-8,10-11H,9H2,1-3H3,(H,20,23)(H2,19,22,24,25)/b18-8+. The molecule has 1 aromatic carbocycles. The van der Waals surface area contributed by atoms with E-state index < -0.39 is 22.4 Å². The van der Waals surface area contributed by atoms with Gasteiger partial charge in [0.1, 0.15) is 5.75 Å². The number of benzene rings is 1. The molecule has 0 saturated heterocycles. The first-order chi connectivity index (χ1) is 12.8. The van der Waals surface area contributed by atoms with Crippen molar-refractivity contribution in [2.24, 2.45) is 11.0 Å². The highest BCUT2D eigenvalue weighted by Crippen LogP contribution is 2.16. The average molecular weight is 391 g/mol. The fraction of sp³-hybridized carbons (Fsp3) is 0.353. The molecule has 0 fully saturated rings. The highest BCUT2D eigenvalue weighted by molar-refractivity contribution is 8.00. The smallest absolute Gasteiger partial charge is 0.342 e. The van der Waals surface area contributed by atoms with Crippen LogP contribution < -0.4 is 21.4 Å². The summed E-state index contributed by atoms with van der Waals surface area (Å²) in [5.74, 6) is 0.743. The number of aromatic amines is 2. The van der Waals surface area contributed by atoms with Crippen LogP contribution in [-0.4, -0.2) is 39.2 Å². The Morgan fingerprint density at radius 3 is 2.85 bits per heavy atom. The van der Waals surface area contributed by atoms with Crippen molar-refractivity contribution in [1.29, 1.82) is 0 Å². The van der Waals surface area contributed by atoms with Gasteiger partial charge in [0.25, 0.3) is 11.5 Å². The van der Waals surface area contributed by atoms with E-state index >= 15 is 0 Å². The number of amides is 1. The van der Waals surface area contributed by atoms with Gasteiger partial charge in [-0.3, -0.25) is 14.6 Å². The van der Waals surface area contributed by atoms with Crippen LogP contribution >= 0.6 is 11.8 Å². The fourth-order valence-corrected chi connectivity index (χ4v) is 2.60. The van der Waals surface area contributed by atoms with E-state index in [-0.39, 0.29) is 5.03 Å². The number of carbonyl (C=O) groups excluding carboxylic acids is 1. The number of hydrogen-bond donors (Lipinski definition) is 3. The molecule has 1 atom stereocenters. The van der Waals surface area contributed by atoms with E-state index in [1.165, 1.54) is 6.21 Å². The molecule has 0 spiro atoms. The summed E-state index contributed by atoms with van der Waals surface area (Å²) in [6, 6.07) is 7.34. The topological polar surface area (TPSA) is 129 Å². The van der Waals surface area contributed by atoms with Gasteiger partial charge in [0, 0.05) is 0 Å². The van der Waals surface area contributed by atoms with Crippen molar-refractivity contribution in [2.75, 3.05) is 6.61 Å². The van der Waals surface area contributed by atoms with Crippen molar-refractivity contribution in [1.82, 2.24) is 20.6 Å². The Labute approximate surface area is 159 Å². The van der Waals surface area contributed by atoms with Crippen molar-refractivity contribution in [2.45, 2.75) is 31.0 Å². The summed E-state index contributed by atoms with van der Waals surface area (Å²) in [6.45, 7) is 6.35. The van der Waals surface area contributed by atoms with Crippen LogP contribution in [0.2, 0.25) is 0 Å². The molecule has 1 amide bonds. The van der Waals surface area contributed by atoms with Crippen molar-refractivity contribution < 1.29 is 9.53 Å². The normalized spacial score (nSPS) is 12.3. The number of carbonyl (C=O) groups is 1. The molecule has 0 radical (unpaired) electrons. The third-order valence-corrected chi connectivity index (χ3v) is 4.24. The quantitative estimate of drug-likeness (QED) is 0.351. The van der Waals surface area contributed by atoms with Crippen molar-refractivity contribution >= 4 is 23.9 Å². The highest BCUT2D eigenvalue weighted by Gasteiger charge is 2.17. The first kappa shape index (κ1) is 20.4. The summed E-state index contributed by atoms with van der Waals surface area (Å²) >= 11 is 0.914. The van der Waals surface area contributed by atoms with Gasteiger partial charge < -0.3 is 4.74 Å². The zero-order valence-corrected chi connectivity index (χ0v) is 16.0. The predicted molar refractivity (Wildman–Crippen MR) is 103 cm³/mol. The van der Waals surface area contributed by atoms with Crippen LogP contribution in [0.5, 0.6) is 5.75 Å². The van der Waals surface area contributed by atoms with Crippen LogP contribution in [0.15, 0.2) is 44.0 Å². The Hall–Kier alpha value is -2.88. The second kappa shape index (κ2) is 9.72. The molecule has 144 valence electrons. The number of nitrogens with zero attached hydrogens (tertiary/aromatic N) is 2. The van der Waals surface area contributed by atoms with Gasteiger partial charge in [0.2, 0.25) is 0 Å². The Balaban J connectivity index is 1.91. The molecule has 1 heterocycles. The molecule has 0 aliphatic rings. The van der Waals surface area contributed by atoms with Crippen molar-refractivity contribution in [3.63, 3.8) is 0 Å². The number of hydrazone groups is 1. The molecule has 0 bridgehead atoms. The van der Waals surface area contributed by atoms with Crippen LogP contribution in [0.1, 0.15) is 26.3 Å².